The Kier molecular flexibility index (Phi) is 5.72. The molecule has 5 rings (SSSR count). The molecule has 0 unspecified atom stereocenters. The molecule has 5 heteroatoms. The molecule has 32 heavy (non-hydrogen) atoms. The lowest BCUT2D eigenvalue weighted by atomic mass is 10.1. The van der Waals surface area contributed by atoms with Crippen LogP contribution >= 0.6 is 18.4 Å². The van der Waals surface area contributed by atoms with Crippen molar-refractivity contribution in [3.8, 4) is 11.3 Å². The standard InChI is InChI=1S/C27H22N3PS/c28-27-29-26(20-32-27)21-16-18-22(19-17-21)30-31(23-10-4-1-5-11-23,24-12-6-2-7-13-24)25-14-8-3-9-15-25/h1-20H,(H2,28,29). The van der Waals surface area contributed by atoms with Crippen molar-refractivity contribution in [2.75, 3.05) is 5.73 Å². The van der Waals surface area contributed by atoms with Crippen molar-refractivity contribution < 1.29 is 0 Å². The molecule has 0 atom stereocenters. The van der Waals surface area contributed by atoms with Gasteiger partial charge in [-0.15, -0.1) is 11.3 Å². The molecule has 0 aliphatic carbocycles. The summed E-state index contributed by atoms with van der Waals surface area (Å²) < 4.78 is 5.51. The predicted octanol–water partition coefficient (Wildman–Crippen LogP) is 6.20. The minimum Gasteiger partial charge on any atom is -0.375 e. The SMILES string of the molecule is Nc1nc(-c2ccc(N=P(c3ccccc3)(c3ccccc3)c3ccccc3)cc2)cs1. The van der Waals surface area contributed by atoms with Gasteiger partial charge >= 0.3 is 0 Å². The molecule has 0 saturated heterocycles. The molecule has 3 nitrogen and oxygen atoms in total. The zero-order chi connectivity index (χ0) is 21.8. The predicted molar refractivity (Wildman–Crippen MR) is 139 cm³/mol. The fraction of sp³-hybridized carbons (Fsp3) is 0. The molecule has 4 aromatic carbocycles. The number of thiazole rings is 1. The van der Waals surface area contributed by atoms with E-state index in [0.717, 1.165) is 16.9 Å². The molecule has 2 N–H and O–H groups in total. The smallest absolute Gasteiger partial charge is 0.180 e. The topological polar surface area (TPSA) is 51.3 Å². The highest BCUT2D eigenvalue weighted by molar-refractivity contribution is 7.87. The maximum atomic E-state index is 5.82. The number of hydrogen-bond acceptors (Lipinski definition) is 4. The quantitative estimate of drug-likeness (QED) is 0.323. The Morgan fingerprint density at radius 2 is 1.09 bits per heavy atom. The summed E-state index contributed by atoms with van der Waals surface area (Å²) in [6, 6.07) is 40.3. The molecule has 0 aliphatic heterocycles. The van der Waals surface area contributed by atoms with Gasteiger partial charge in [-0.05, 0) is 12.1 Å². The lowest BCUT2D eigenvalue weighted by Crippen LogP contribution is -2.25. The summed E-state index contributed by atoms with van der Waals surface area (Å²) in [7, 11) is -2.27. The van der Waals surface area contributed by atoms with Gasteiger partial charge in [-0.3, -0.25) is 4.74 Å². The van der Waals surface area contributed by atoms with Crippen molar-refractivity contribution >= 4 is 45.1 Å². The van der Waals surface area contributed by atoms with Crippen LogP contribution in [0.25, 0.3) is 11.3 Å². The molecule has 0 aliphatic rings. The molecule has 0 spiro atoms. The van der Waals surface area contributed by atoms with Crippen LogP contribution in [0.5, 0.6) is 0 Å². The minimum absolute atomic E-state index is 0.580. The first-order valence-electron chi connectivity index (χ1n) is 10.4. The molecule has 0 amide bonds. The van der Waals surface area contributed by atoms with Crippen molar-refractivity contribution in [2.45, 2.75) is 0 Å². The van der Waals surface area contributed by atoms with Gasteiger partial charge in [0.05, 0.1) is 18.4 Å². The summed E-state index contributed by atoms with van der Waals surface area (Å²) in [5.41, 5.74) is 8.70. The molecule has 0 fully saturated rings. The van der Waals surface area contributed by atoms with Crippen LogP contribution in [0.15, 0.2) is 125 Å². The third-order valence-electron chi connectivity index (χ3n) is 5.34. The fourth-order valence-corrected chi connectivity index (χ4v) is 7.95. The fourth-order valence-electron chi connectivity index (χ4n) is 3.84. The van der Waals surface area contributed by atoms with Crippen LogP contribution in [0.4, 0.5) is 10.8 Å². The number of nitrogens with two attached hydrogens (primary N) is 1. The summed E-state index contributed by atoms with van der Waals surface area (Å²) in [5, 5.41) is 6.25. The van der Waals surface area contributed by atoms with E-state index < -0.39 is 7.05 Å². The van der Waals surface area contributed by atoms with Crippen molar-refractivity contribution in [3.05, 3.63) is 121 Å². The van der Waals surface area contributed by atoms with Gasteiger partial charge in [0.2, 0.25) is 0 Å². The second-order valence-electron chi connectivity index (χ2n) is 7.36. The van der Waals surface area contributed by atoms with Gasteiger partial charge in [0, 0.05) is 26.9 Å². The Bertz CT molecular complexity index is 1260. The van der Waals surface area contributed by atoms with Crippen LogP contribution < -0.4 is 21.6 Å². The van der Waals surface area contributed by atoms with E-state index in [0.29, 0.717) is 5.13 Å². The first-order chi connectivity index (χ1) is 15.8. The lowest BCUT2D eigenvalue weighted by molar-refractivity contribution is 1.41. The van der Waals surface area contributed by atoms with Gasteiger partial charge in [-0.25, -0.2) is 4.98 Å². The highest BCUT2D eigenvalue weighted by Crippen LogP contribution is 2.49. The number of nitrogen functional groups attached to an aromatic ring is 1. The van der Waals surface area contributed by atoms with Crippen LogP contribution in [-0.4, -0.2) is 4.98 Å². The van der Waals surface area contributed by atoms with Gasteiger partial charge in [-0.1, -0.05) is 103 Å². The summed E-state index contributed by atoms with van der Waals surface area (Å²) in [5.74, 6) is 0. The Morgan fingerprint density at radius 3 is 1.50 bits per heavy atom. The average molecular weight is 452 g/mol. The first-order valence-corrected chi connectivity index (χ1v) is 13.0. The normalized spacial score (nSPS) is 11.2. The highest BCUT2D eigenvalue weighted by Gasteiger charge is 2.27. The van der Waals surface area contributed by atoms with Gasteiger partial charge in [0.1, 0.15) is 0 Å². The number of benzene rings is 4. The zero-order valence-electron chi connectivity index (χ0n) is 17.4. The minimum atomic E-state index is -2.27. The Hall–Kier alpha value is -3.46. The van der Waals surface area contributed by atoms with Gasteiger partial charge in [0.15, 0.2) is 5.13 Å². The van der Waals surface area contributed by atoms with Crippen LogP contribution in [0, 0.1) is 0 Å². The molecular weight excluding hydrogens is 429 g/mol. The average Bonchev–Trinajstić information content (AvgIpc) is 3.31. The Balaban J connectivity index is 1.75. The third-order valence-corrected chi connectivity index (χ3v) is 9.68. The molecule has 0 radical (unpaired) electrons. The number of hydrogen-bond donors (Lipinski definition) is 1. The maximum absolute atomic E-state index is 5.82. The number of anilines is 1. The number of nitrogens with zero attached hydrogens (tertiary/aromatic N) is 2. The number of rotatable bonds is 5. The van der Waals surface area contributed by atoms with E-state index in [1.165, 1.54) is 27.3 Å². The highest BCUT2D eigenvalue weighted by atomic mass is 32.1. The monoisotopic (exact) mass is 451 g/mol. The molecule has 0 bridgehead atoms. The van der Waals surface area contributed by atoms with Gasteiger partial charge < -0.3 is 5.73 Å². The van der Waals surface area contributed by atoms with E-state index in [-0.39, 0.29) is 0 Å². The summed E-state index contributed by atoms with van der Waals surface area (Å²) in [6.45, 7) is 0. The van der Waals surface area contributed by atoms with E-state index in [2.05, 4.69) is 120 Å². The largest absolute Gasteiger partial charge is 0.375 e. The molecule has 1 heterocycles. The van der Waals surface area contributed by atoms with Crippen LogP contribution in [0.1, 0.15) is 0 Å². The van der Waals surface area contributed by atoms with E-state index in [1.807, 2.05) is 5.38 Å². The molecular formula is C27H22N3PS. The summed E-state index contributed by atoms with van der Waals surface area (Å²) in [6.07, 6.45) is 0. The second kappa shape index (κ2) is 8.96. The molecule has 5 aromatic rings. The van der Waals surface area contributed by atoms with Crippen molar-refractivity contribution in [2.24, 2.45) is 4.74 Å². The van der Waals surface area contributed by atoms with E-state index in [4.69, 9.17) is 10.5 Å². The van der Waals surface area contributed by atoms with E-state index >= 15 is 0 Å². The second-order valence-corrected chi connectivity index (χ2v) is 11.3. The summed E-state index contributed by atoms with van der Waals surface area (Å²) in [4.78, 5) is 4.40. The van der Waals surface area contributed by atoms with Crippen molar-refractivity contribution in [3.63, 3.8) is 0 Å². The Labute approximate surface area is 192 Å². The van der Waals surface area contributed by atoms with Gasteiger partial charge in [-0.2, -0.15) is 0 Å². The van der Waals surface area contributed by atoms with Gasteiger partial charge in [0.25, 0.3) is 0 Å². The molecule has 156 valence electrons. The summed E-state index contributed by atoms with van der Waals surface area (Å²) >= 11 is 1.45. The zero-order valence-corrected chi connectivity index (χ0v) is 19.1. The Morgan fingerprint density at radius 1 is 0.625 bits per heavy atom. The maximum Gasteiger partial charge on any atom is 0.180 e. The molecule has 1 aromatic heterocycles. The van der Waals surface area contributed by atoms with Crippen molar-refractivity contribution in [1.82, 2.24) is 4.98 Å². The number of aromatic nitrogens is 1. The lowest BCUT2D eigenvalue weighted by Gasteiger charge is -2.27. The van der Waals surface area contributed by atoms with E-state index in [9.17, 15) is 0 Å². The third kappa shape index (κ3) is 3.91. The molecule has 0 saturated carbocycles. The van der Waals surface area contributed by atoms with Crippen molar-refractivity contribution in [1.29, 1.82) is 0 Å². The van der Waals surface area contributed by atoms with E-state index in [1.54, 1.807) is 0 Å². The van der Waals surface area contributed by atoms with Crippen LogP contribution in [-0.2, 0) is 0 Å². The first kappa shape index (κ1) is 20.4. The van der Waals surface area contributed by atoms with Crippen LogP contribution in [0.3, 0.4) is 0 Å². The van der Waals surface area contributed by atoms with Crippen LogP contribution in [0.2, 0.25) is 0 Å².